The largest absolute Gasteiger partial charge is 0.479 e. The van der Waals surface area contributed by atoms with Gasteiger partial charge < -0.3 is 14.7 Å². The van der Waals surface area contributed by atoms with E-state index in [-0.39, 0.29) is 19.1 Å². The van der Waals surface area contributed by atoms with Gasteiger partial charge in [0.05, 0.1) is 18.9 Å². The van der Waals surface area contributed by atoms with Crippen molar-refractivity contribution in [1.82, 2.24) is 4.90 Å². The topological polar surface area (TPSA) is 66.8 Å². The van der Waals surface area contributed by atoms with Gasteiger partial charge in [0.25, 0.3) is 0 Å². The van der Waals surface area contributed by atoms with Crippen LogP contribution in [0.15, 0.2) is 29.2 Å². The van der Waals surface area contributed by atoms with Gasteiger partial charge in [-0.2, -0.15) is 0 Å². The number of ether oxygens (including phenoxy) is 1. The number of carboxylic acid groups (broad SMARTS) is 1. The summed E-state index contributed by atoms with van der Waals surface area (Å²) in [6, 6.07) is 7.96. The summed E-state index contributed by atoms with van der Waals surface area (Å²) in [6.45, 7) is 2.87. The van der Waals surface area contributed by atoms with Crippen LogP contribution >= 0.6 is 11.8 Å². The van der Waals surface area contributed by atoms with E-state index in [1.165, 1.54) is 17.3 Å². The Bertz CT molecular complexity index is 488. The Hall–Kier alpha value is -1.53. The van der Waals surface area contributed by atoms with Crippen molar-refractivity contribution in [1.29, 1.82) is 0 Å². The lowest BCUT2D eigenvalue weighted by molar-refractivity contribution is -0.158. The molecule has 1 amide bonds. The zero-order valence-electron chi connectivity index (χ0n) is 11.2. The molecule has 0 aliphatic carbocycles. The molecule has 0 bridgehead atoms. The van der Waals surface area contributed by atoms with Crippen molar-refractivity contribution in [2.75, 3.05) is 25.4 Å². The monoisotopic (exact) mass is 295 g/mol. The Morgan fingerprint density at radius 2 is 2.10 bits per heavy atom. The van der Waals surface area contributed by atoms with E-state index in [0.717, 1.165) is 4.90 Å². The summed E-state index contributed by atoms with van der Waals surface area (Å²) < 4.78 is 5.10. The van der Waals surface area contributed by atoms with E-state index in [0.29, 0.717) is 12.3 Å². The molecule has 1 aliphatic heterocycles. The molecular formula is C14H17NO4S. The number of rotatable bonds is 4. The maximum absolute atomic E-state index is 12.1. The predicted molar refractivity (Wildman–Crippen MR) is 75.9 cm³/mol. The fraction of sp³-hybridized carbons (Fsp3) is 0.429. The fourth-order valence-electron chi connectivity index (χ4n) is 1.90. The molecule has 5 nitrogen and oxygen atoms in total. The van der Waals surface area contributed by atoms with E-state index >= 15 is 0 Å². The summed E-state index contributed by atoms with van der Waals surface area (Å²) in [4.78, 5) is 25.5. The minimum absolute atomic E-state index is 0.0508. The Morgan fingerprint density at radius 3 is 2.75 bits per heavy atom. The van der Waals surface area contributed by atoms with Gasteiger partial charge in [0, 0.05) is 11.4 Å². The summed E-state index contributed by atoms with van der Waals surface area (Å²) in [6.07, 6.45) is -0.905. The van der Waals surface area contributed by atoms with Gasteiger partial charge in [-0.25, -0.2) is 4.79 Å². The molecule has 0 spiro atoms. The van der Waals surface area contributed by atoms with Crippen LogP contribution in [-0.4, -0.2) is 53.4 Å². The molecule has 0 saturated carbocycles. The zero-order valence-corrected chi connectivity index (χ0v) is 12.1. The zero-order chi connectivity index (χ0) is 14.5. The van der Waals surface area contributed by atoms with Crippen molar-refractivity contribution in [2.24, 2.45) is 0 Å². The van der Waals surface area contributed by atoms with Crippen molar-refractivity contribution in [3.05, 3.63) is 29.8 Å². The van der Waals surface area contributed by atoms with Gasteiger partial charge >= 0.3 is 5.97 Å². The van der Waals surface area contributed by atoms with Crippen LogP contribution in [0.25, 0.3) is 0 Å². The van der Waals surface area contributed by atoms with E-state index in [4.69, 9.17) is 9.84 Å². The van der Waals surface area contributed by atoms with E-state index in [1.54, 1.807) is 4.90 Å². The van der Waals surface area contributed by atoms with Crippen LogP contribution < -0.4 is 0 Å². The van der Waals surface area contributed by atoms with Gasteiger partial charge in [0.15, 0.2) is 6.10 Å². The van der Waals surface area contributed by atoms with Crippen molar-refractivity contribution < 1.29 is 19.4 Å². The van der Waals surface area contributed by atoms with Crippen molar-refractivity contribution in [3.63, 3.8) is 0 Å². The molecule has 1 heterocycles. The van der Waals surface area contributed by atoms with E-state index < -0.39 is 12.1 Å². The minimum Gasteiger partial charge on any atom is -0.479 e. The van der Waals surface area contributed by atoms with Crippen molar-refractivity contribution in [2.45, 2.75) is 17.9 Å². The first-order valence-corrected chi connectivity index (χ1v) is 7.36. The number of carboxylic acids is 1. The highest BCUT2D eigenvalue weighted by Crippen LogP contribution is 2.19. The first-order chi connectivity index (χ1) is 9.56. The third-order valence-electron chi connectivity index (χ3n) is 3.08. The van der Waals surface area contributed by atoms with Crippen LogP contribution in [-0.2, 0) is 14.3 Å². The van der Waals surface area contributed by atoms with Crippen LogP contribution in [0.4, 0.5) is 0 Å². The smallest absolute Gasteiger partial charge is 0.334 e. The number of amides is 1. The molecule has 1 saturated heterocycles. The fourth-order valence-corrected chi connectivity index (χ4v) is 2.70. The highest BCUT2D eigenvalue weighted by molar-refractivity contribution is 8.00. The minimum atomic E-state index is -1.02. The van der Waals surface area contributed by atoms with Crippen LogP contribution in [0.5, 0.6) is 0 Å². The molecule has 1 atom stereocenters. The highest BCUT2D eigenvalue weighted by Gasteiger charge is 2.28. The molecular weight excluding hydrogens is 278 g/mol. The molecule has 20 heavy (non-hydrogen) atoms. The number of aliphatic carboxylic acids is 1. The van der Waals surface area contributed by atoms with Gasteiger partial charge in [-0.15, -0.1) is 11.8 Å². The second kappa shape index (κ2) is 6.76. The molecule has 2 rings (SSSR count). The van der Waals surface area contributed by atoms with Gasteiger partial charge in [-0.05, 0) is 19.1 Å². The number of thioether (sulfide) groups is 1. The van der Waals surface area contributed by atoms with Gasteiger partial charge in [-0.3, -0.25) is 4.79 Å². The Balaban J connectivity index is 1.85. The third kappa shape index (κ3) is 3.98. The normalized spacial score (nSPS) is 18.9. The Labute approximate surface area is 121 Å². The van der Waals surface area contributed by atoms with Crippen molar-refractivity contribution >= 4 is 23.6 Å². The maximum Gasteiger partial charge on any atom is 0.334 e. The summed E-state index contributed by atoms with van der Waals surface area (Å²) in [5, 5.41) is 8.90. The summed E-state index contributed by atoms with van der Waals surface area (Å²) in [5.41, 5.74) is 1.18. The average molecular weight is 295 g/mol. The van der Waals surface area contributed by atoms with Gasteiger partial charge in [0.2, 0.25) is 5.91 Å². The van der Waals surface area contributed by atoms with E-state index in [1.807, 2.05) is 31.2 Å². The van der Waals surface area contributed by atoms with Crippen LogP contribution in [0.1, 0.15) is 5.56 Å². The van der Waals surface area contributed by atoms with Crippen LogP contribution in [0.3, 0.4) is 0 Å². The van der Waals surface area contributed by atoms with Crippen molar-refractivity contribution in [3.8, 4) is 0 Å². The number of benzene rings is 1. The summed E-state index contributed by atoms with van der Waals surface area (Å²) in [5.74, 6) is -0.756. The lowest BCUT2D eigenvalue weighted by Gasteiger charge is -2.30. The molecule has 1 aromatic carbocycles. The second-order valence-corrected chi connectivity index (χ2v) is 5.69. The van der Waals surface area contributed by atoms with E-state index in [9.17, 15) is 9.59 Å². The first kappa shape index (κ1) is 14.9. The third-order valence-corrected chi connectivity index (χ3v) is 4.07. The molecule has 1 fully saturated rings. The number of carbonyl (C=O) groups excluding carboxylic acids is 1. The number of nitrogens with zero attached hydrogens (tertiary/aromatic N) is 1. The average Bonchev–Trinajstić information content (AvgIpc) is 2.46. The SMILES string of the molecule is Cc1ccc(SCC(=O)N2CCOC(C(=O)O)C2)cc1. The number of hydrogen-bond acceptors (Lipinski definition) is 4. The lowest BCUT2D eigenvalue weighted by atomic mass is 10.2. The molecule has 1 aliphatic rings. The molecule has 6 heteroatoms. The number of hydrogen-bond donors (Lipinski definition) is 1. The Kier molecular flexibility index (Phi) is 5.03. The quantitative estimate of drug-likeness (QED) is 0.851. The standard InChI is InChI=1S/C14H17NO4S/c1-10-2-4-11(5-3-10)20-9-13(16)15-6-7-19-12(8-15)14(17)18/h2-5,12H,6-9H2,1H3,(H,17,18). The molecule has 0 aromatic heterocycles. The molecule has 108 valence electrons. The predicted octanol–water partition coefficient (Wildman–Crippen LogP) is 1.40. The summed E-state index contributed by atoms with van der Waals surface area (Å²) in [7, 11) is 0. The van der Waals surface area contributed by atoms with Gasteiger partial charge in [0.1, 0.15) is 0 Å². The molecule has 1 unspecified atom stereocenters. The van der Waals surface area contributed by atoms with Crippen LogP contribution in [0.2, 0.25) is 0 Å². The highest BCUT2D eigenvalue weighted by atomic mass is 32.2. The number of aryl methyl sites for hydroxylation is 1. The maximum atomic E-state index is 12.1. The van der Waals surface area contributed by atoms with Gasteiger partial charge in [-0.1, -0.05) is 17.7 Å². The van der Waals surface area contributed by atoms with E-state index in [2.05, 4.69) is 0 Å². The molecule has 1 aromatic rings. The van der Waals surface area contributed by atoms with Crippen LogP contribution in [0, 0.1) is 6.92 Å². The first-order valence-electron chi connectivity index (χ1n) is 6.38. The lowest BCUT2D eigenvalue weighted by Crippen LogP contribution is -2.49. The molecule has 0 radical (unpaired) electrons. The number of carbonyl (C=O) groups is 2. The summed E-state index contributed by atoms with van der Waals surface area (Å²) >= 11 is 1.46. The Morgan fingerprint density at radius 1 is 1.40 bits per heavy atom. The molecule has 1 N–H and O–H groups in total. The number of morpholine rings is 1. The second-order valence-electron chi connectivity index (χ2n) is 4.64.